The van der Waals surface area contributed by atoms with Crippen LogP contribution in [0.15, 0.2) is 42.5 Å². The van der Waals surface area contributed by atoms with Crippen LogP contribution in [-0.4, -0.2) is 12.0 Å². The molecule has 0 aliphatic rings. The molecule has 0 amide bonds. The smallest absolute Gasteiger partial charge is 0.104 e. The third-order valence-electron chi connectivity index (χ3n) is 3.55. The molecule has 0 saturated carbocycles. The zero-order valence-electron chi connectivity index (χ0n) is 11.8. The van der Waals surface area contributed by atoms with Gasteiger partial charge in [0, 0.05) is 17.6 Å². The second-order valence-electron chi connectivity index (χ2n) is 4.84. The van der Waals surface area contributed by atoms with Gasteiger partial charge in [-0.25, -0.2) is 0 Å². The Balaban J connectivity index is 2.34. The normalized spacial score (nSPS) is 12.0. The first kappa shape index (κ1) is 16.1. The van der Waals surface area contributed by atoms with Crippen molar-refractivity contribution in [2.24, 2.45) is 5.73 Å². The van der Waals surface area contributed by atoms with E-state index in [1.807, 2.05) is 43.4 Å². The number of benzene rings is 2. The number of halogens is 2. The molecular weight excluding hydrogens is 323 g/mol. The third kappa shape index (κ3) is 3.49. The molecule has 0 aliphatic heterocycles. The summed E-state index contributed by atoms with van der Waals surface area (Å²) in [5.74, 6) is 0. The Kier molecular flexibility index (Phi) is 5.09. The van der Waals surface area contributed by atoms with Crippen LogP contribution in [-0.2, 0) is 0 Å². The number of anilines is 1. The molecule has 2 nitrogen and oxygen atoms in total. The van der Waals surface area contributed by atoms with Crippen molar-refractivity contribution in [1.82, 2.24) is 0 Å². The van der Waals surface area contributed by atoms with Crippen molar-refractivity contribution in [3.63, 3.8) is 0 Å². The van der Waals surface area contributed by atoms with Gasteiger partial charge in [0.2, 0.25) is 0 Å². The summed E-state index contributed by atoms with van der Waals surface area (Å²) in [5, 5.41) is 1.36. The number of nitrogens with two attached hydrogens (primary N) is 1. The molecule has 0 heterocycles. The molecule has 0 aromatic heterocycles. The second-order valence-corrected chi connectivity index (χ2v) is 6.09. The Labute approximate surface area is 140 Å². The van der Waals surface area contributed by atoms with Crippen LogP contribution in [0, 0.1) is 0 Å². The molecule has 0 aliphatic carbocycles. The highest BCUT2D eigenvalue weighted by molar-refractivity contribution is 7.80. The minimum atomic E-state index is 0.0897. The lowest BCUT2D eigenvalue weighted by Gasteiger charge is -2.29. The Bertz CT molecular complexity index is 673. The van der Waals surface area contributed by atoms with E-state index in [4.69, 9.17) is 41.2 Å². The van der Waals surface area contributed by atoms with Gasteiger partial charge in [0.25, 0.3) is 0 Å². The Morgan fingerprint density at radius 3 is 2.38 bits per heavy atom. The van der Waals surface area contributed by atoms with E-state index in [-0.39, 0.29) is 6.04 Å². The standard InChI is InChI=1S/C16H16Cl2N2S/c1-10(12-5-3-4-6-13(12)17)20(2)15-8-7-11(16(19)21)9-14(15)18/h3-10H,1-2H3,(H2,19,21). The highest BCUT2D eigenvalue weighted by Crippen LogP contribution is 2.34. The van der Waals surface area contributed by atoms with Gasteiger partial charge >= 0.3 is 0 Å². The van der Waals surface area contributed by atoms with Gasteiger partial charge in [-0.3, -0.25) is 0 Å². The van der Waals surface area contributed by atoms with Crippen LogP contribution in [0.1, 0.15) is 24.1 Å². The fraction of sp³-hybridized carbons (Fsp3) is 0.188. The van der Waals surface area contributed by atoms with Gasteiger partial charge in [-0.2, -0.15) is 0 Å². The lowest BCUT2D eigenvalue weighted by atomic mass is 10.1. The van der Waals surface area contributed by atoms with E-state index in [2.05, 4.69) is 11.8 Å². The predicted octanol–water partition coefficient (Wildman–Crippen LogP) is 4.83. The van der Waals surface area contributed by atoms with Crippen LogP contribution in [0.25, 0.3) is 0 Å². The molecule has 110 valence electrons. The van der Waals surface area contributed by atoms with Crippen molar-refractivity contribution in [2.45, 2.75) is 13.0 Å². The second kappa shape index (κ2) is 6.65. The van der Waals surface area contributed by atoms with Crippen molar-refractivity contribution in [2.75, 3.05) is 11.9 Å². The molecule has 2 rings (SSSR count). The predicted molar refractivity (Wildman–Crippen MR) is 95.6 cm³/mol. The van der Waals surface area contributed by atoms with Crippen LogP contribution < -0.4 is 10.6 Å². The molecule has 0 fully saturated rings. The van der Waals surface area contributed by atoms with Crippen LogP contribution in [0.4, 0.5) is 5.69 Å². The SMILES string of the molecule is CC(c1ccccc1Cl)N(C)c1ccc(C(N)=S)cc1Cl. The van der Waals surface area contributed by atoms with Gasteiger partial charge in [0.1, 0.15) is 4.99 Å². The molecule has 0 radical (unpaired) electrons. The van der Waals surface area contributed by atoms with E-state index < -0.39 is 0 Å². The van der Waals surface area contributed by atoms with E-state index in [1.165, 1.54) is 0 Å². The molecule has 0 bridgehead atoms. The Hall–Kier alpha value is -1.29. The zero-order chi connectivity index (χ0) is 15.6. The maximum Gasteiger partial charge on any atom is 0.104 e. The van der Waals surface area contributed by atoms with Gasteiger partial charge in [0.15, 0.2) is 0 Å². The molecule has 1 unspecified atom stereocenters. The first-order valence-corrected chi connectivity index (χ1v) is 7.65. The van der Waals surface area contributed by atoms with Crippen molar-refractivity contribution in [1.29, 1.82) is 0 Å². The zero-order valence-corrected chi connectivity index (χ0v) is 14.1. The summed E-state index contributed by atoms with van der Waals surface area (Å²) < 4.78 is 0. The highest BCUT2D eigenvalue weighted by Gasteiger charge is 2.17. The molecule has 2 N–H and O–H groups in total. The van der Waals surface area contributed by atoms with Crippen molar-refractivity contribution < 1.29 is 0 Å². The summed E-state index contributed by atoms with van der Waals surface area (Å²) in [6.07, 6.45) is 0. The fourth-order valence-corrected chi connectivity index (χ4v) is 2.91. The van der Waals surface area contributed by atoms with Crippen LogP contribution in [0.2, 0.25) is 10.0 Å². The molecule has 0 saturated heterocycles. The van der Waals surface area contributed by atoms with Crippen molar-refractivity contribution in [3.05, 3.63) is 63.6 Å². The van der Waals surface area contributed by atoms with Gasteiger partial charge < -0.3 is 10.6 Å². The minimum Gasteiger partial charge on any atom is -0.389 e. The van der Waals surface area contributed by atoms with Gasteiger partial charge in [-0.15, -0.1) is 0 Å². The van der Waals surface area contributed by atoms with Crippen LogP contribution in [0.5, 0.6) is 0 Å². The summed E-state index contributed by atoms with van der Waals surface area (Å²) >= 11 is 17.6. The summed E-state index contributed by atoms with van der Waals surface area (Å²) in [4.78, 5) is 2.41. The van der Waals surface area contributed by atoms with Gasteiger partial charge in [-0.1, -0.05) is 53.6 Å². The number of thiocarbonyl (C=S) groups is 1. The Morgan fingerprint density at radius 1 is 1.14 bits per heavy atom. The molecule has 0 spiro atoms. The minimum absolute atomic E-state index is 0.0897. The number of nitrogens with zero attached hydrogens (tertiary/aromatic N) is 1. The van der Waals surface area contributed by atoms with Gasteiger partial charge in [0.05, 0.1) is 16.8 Å². The van der Waals surface area contributed by atoms with E-state index in [1.54, 1.807) is 6.07 Å². The Morgan fingerprint density at radius 2 is 1.81 bits per heavy atom. The lowest BCUT2D eigenvalue weighted by molar-refractivity contribution is 0.740. The molecule has 21 heavy (non-hydrogen) atoms. The highest BCUT2D eigenvalue weighted by atomic mass is 35.5. The van der Waals surface area contributed by atoms with E-state index in [9.17, 15) is 0 Å². The molecule has 5 heteroatoms. The average Bonchev–Trinajstić information content (AvgIpc) is 2.46. The summed E-state index contributed by atoms with van der Waals surface area (Å²) in [7, 11) is 1.98. The van der Waals surface area contributed by atoms with Crippen molar-refractivity contribution in [3.8, 4) is 0 Å². The first-order valence-electron chi connectivity index (χ1n) is 6.48. The third-order valence-corrected chi connectivity index (χ3v) is 4.43. The lowest BCUT2D eigenvalue weighted by Crippen LogP contribution is -2.22. The van der Waals surface area contributed by atoms with E-state index >= 15 is 0 Å². The molecule has 2 aromatic rings. The van der Waals surface area contributed by atoms with E-state index in [0.717, 1.165) is 21.8 Å². The largest absolute Gasteiger partial charge is 0.389 e. The maximum atomic E-state index is 6.35. The van der Waals surface area contributed by atoms with Gasteiger partial charge in [-0.05, 0) is 36.8 Å². The molecule has 1 atom stereocenters. The maximum absolute atomic E-state index is 6.35. The van der Waals surface area contributed by atoms with Crippen LogP contribution >= 0.6 is 35.4 Å². The average molecular weight is 339 g/mol. The monoisotopic (exact) mass is 338 g/mol. The number of hydrogen-bond acceptors (Lipinski definition) is 2. The summed E-state index contributed by atoms with van der Waals surface area (Å²) in [6, 6.07) is 13.5. The molecular formula is C16H16Cl2N2S. The molecule has 2 aromatic carbocycles. The summed E-state index contributed by atoms with van der Waals surface area (Å²) in [6.45, 7) is 2.08. The quantitative estimate of drug-likeness (QED) is 0.810. The topological polar surface area (TPSA) is 29.3 Å². The summed E-state index contributed by atoms with van der Waals surface area (Å²) in [5.41, 5.74) is 8.34. The number of hydrogen-bond donors (Lipinski definition) is 1. The van der Waals surface area contributed by atoms with Crippen LogP contribution in [0.3, 0.4) is 0 Å². The fourth-order valence-electron chi connectivity index (χ4n) is 2.18. The van der Waals surface area contributed by atoms with Crippen molar-refractivity contribution >= 4 is 46.1 Å². The number of rotatable bonds is 4. The van der Waals surface area contributed by atoms with E-state index in [0.29, 0.717) is 10.0 Å². The first-order chi connectivity index (χ1) is 9.91.